The Labute approximate surface area is 140 Å². The standard InChI is InChI=1S/C14H12BrCl2FN2O/c1-2-21-12-6-11(9(19)5-8(12)18)20-10-4-3-7(15)13(16)14(10)17/h3-6,20H,2,19H2,1H3. The van der Waals surface area contributed by atoms with Gasteiger partial charge in [0.15, 0.2) is 11.6 Å². The van der Waals surface area contributed by atoms with Crippen LogP contribution in [0.15, 0.2) is 28.7 Å². The van der Waals surface area contributed by atoms with Crippen molar-refractivity contribution in [1.82, 2.24) is 0 Å². The molecule has 2 aromatic rings. The number of benzene rings is 2. The van der Waals surface area contributed by atoms with Gasteiger partial charge in [-0.15, -0.1) is 0 Å². The van der Waals surface area contributed by atoms with Crippen LogP contribution in [0.4, 0.5) is 21.5 Å². The Kier molecular flexibility index (Phi) is 5.19. The molecular weight excluding hydrogens is 382 g/mol. The van der Waals surface area contributed by atoms with Gasteiger partial charge in [-0.25, -0.2) is 4.39 Å². The molecule has 0 aromatic heterocycles. The van der Waals surface area contributed by atoms with Gasteiger partial charge in [-0.2, -0.15) is 0 Å². The number of nitrogens with one attached hydrogen (secondary N) is 1. The Bertz CT molecular complexity index is 683. The van der Waals surface area contributed by atoms with Crippen molar-refractivity contribution in [2.45, 2.75) is 6.92 Å². The van der Waals surface area contributed by atoms with E-state index in [9.17, 15) is 4.39 Å². The maximum absolute atomic E-state index is 13.7. The van der Waals surface area contributed by atoms with Gasteiger partial charge >= 0.3 is 0 Å². The normalized spacial score (nSPS) is 10.5. The molecule has 0 aliphatic carbocycles. The summed E-state index contributed by atoms with van der Waals surface area (Å²) in [6, 6.07) is 6.17. The van der Waals surface area contributed by atoms with E-state index in [0.29, 0.717) is 32.5 Å². The summed E-state index contributed by atoms with van der Waals surface area (Å²) in [7, 11) is 0. The van der Waals surface area contributed by atoms with Crippen molar-refractivity contribution < 1.29 is 9.13 Å². The smallest absolute Gasteiger partial charge is 0.167 e. The minimum Gasteiger partial charge on any atom is -0.491 e. The Morgan fingerprint density at radius 2 is 1.95 bits per heavy atom. The van der Waals surface area contributed by atoms with Gasteiger partial charge in [0.25, 0.3) is 0 Å². The molecule has 0 unspecified atom stereocenters. The van der Waals surface area contributed by atoms with Crippen LogP contribution in [0.2, 0.25) is 10.0 Å². The molecule has 0 amide bonds. The van der Waals surface area contributed by atoms with Crippen molar-refractivity contribution >= 4 is 56.2 Å². The lowest BCUT2D eigenvalue weighted by Gasteiger charge is -2.14. The minimum atomic E-state index is -0.514. The molecule has 21 heavy (non-hydrogen) atoms. The van der Waals surface area contributed by atoms with Gasteiger partial charge in [0, 0.05) is 16.6 Å². The van der Waals surface area contributed by atoms with Gasteiger partial charge in [-0.1, -0.05) is 23.2 Å². The molecule has 0 aliphatic rings. The van der Waals surface area contributed by atoms with Crippen molar-refractivity contribution in [2.24, 2.45) is 0 Å². The van der Waals surface area contributed by atoms with Gasteiger partial charge in [-0.05, 0) is 35.0 Å². The topological polar surface area (TPSA) is 47.3 Å². The molecule has 0 spiro atoms. The first kappa shape index (κ1) is 16.2. The van der Waals surface area contributed by atoms with Crippen LogP contribution in [0.25, 0.3) is 0 Å². The van der Waals surface area contributed by atoms with Crippen LogP contribution in [0, 0.1) is 5.82 Å². The Morgan fingerprint density at radius 1 is 1.24 bits per heavy atom. The third-order valence-electron chi connectivity index (χ3n) is 2.71. The van der Waals surface area contributed by atoms with Crippen LogP contribution in [0.1, 0.15) is 6.92 Å². The summed E-state index contributed by atoms with van der Waals surface area (Å²) in [4.78, 5) is 0. The molecular formula is C14H12BrCl2FN2O. The van der Waals surface area contributed by atoms with Gasteiger partial charge < -0.3 is 15.8 Å². The summed E-state index contributed by atoms with van der Waals surface area (Å²) >= 11 is 15.5. The van der Waals surface area contributed by atoms with Gasteiger partial charge in [0.2, 0.25) is 0 Å². The molecule has 112 valence electrons. The maximum Gasteiger partial charge on any atom is 0.167 e. The van der Waals surface area contributed by atoms with E-state index >= 15 is 0 Å². The van der Waals surface area contributed by atoms with E-state index in [1.165, 1.54) is 12.1 Å². The predicted octanol–water partition coefficient (Wildman–Crippen LogP) is 5.62. The molecule has 0 saturated heterocycles. The van der Waals surface area contributed by atoms with Gasteiger partial charge in [0.1, 0.15) is 0 Å². The molecule has 3 nitrogen and oxygen atoms in total. The SMILES string of the molecule is CCOc1cc(Nc2ccc(Br)c(Cl)c2Cl)c(N)cc1F. The summed E-state index contributed by atoms with van der Waals surface area (Å²) in [5.74, 6) is -0.395. The zero-order chi connectivity index (χ0) is 15.6. The monoisotopic (exact) mass is 392 g/mol. The fraction of sp³-hybridized carbons (Fsp3) is 0.143. The molecule has 2 rings (SSSR count). The third-order valence-corrected chi connectivity index (χ3v) is 4.48. The molecule has 0 atom stereocenters. The zero-order valence-corrected chi connectivity index (χ0v) is 14.1. The highest BCUT2D eigenvalue weighted by atomic mass is 79.9. The molecule has 0 radical (unpaired) electrons. The molecule has 0 saturated carbocycles. The van der Waals surface area contributed by atoms with E-state index in [1.54, 1.807) is 19.1 Å². The first-order valence-electron chi connectivity index (χ1n) is 6.06. The summed E-state index contributed by atoms with van der Waals surface area (Å²) in [5, 5.41) is 3.75. The molecule has 0 bridgehead atoms. The Balaban J connectivity index is 2.40. The van der Waals surface area contributed by atoms with Gasteiger partial charge in [0.05, 0.1) is 33.7 Å². The van der Waals surface area contributed by atoms with Crippen LogP contribution in [-0.4, -0.2) is 6.61 Å². The third kappa shape index (κ3) is 3.54. The number of nitrogens with two attached hydrogens (primary N) is 1. The van der Waals surface area contributed by atoms with Crippen molar-refractivity contribution in [3.63, 3.8) is 0 Å². The van der Waals surface area contributed by atoms with Crippen LogP contribution in [0.5, 0.6) is 5.75 Å². The summed E-state index contributed by atoms with van der Waals surface area (Å²) < 4.78 is 19.6. The second kappa shape index (κ2) is 6.73. The number of nitrogen functional groups attached to an aromatic ring is 1. The summed E-state index contributed by atoms with van der Waals surface area (Å²) in [6.07, 6.45) is 0. The summed E-state index contributed by atoms with van der Waals surface area (Å²) in [6.45, 7) is 2.12. The van der Waals surface area contributed by atoms with Crippen molar-refractivity contribution in [1.29, 1.82) is 0 Å². The lowest BCUT2D eigenvalue weighted by Crippen LogP contribution is -2.01. The van der Waals surface area contributed by atoms with Crippen LogP contribution < -0.4 is 15.8 Å². The number of hydrogen-bond donors (Lipinski definition) is 2. The average molecular weight is 394 g/mol. The van der Waals surface area contributed by atoms with E-state index in [1.807, 2.05) is 0 Å². The maximum atomic E-state index is 13.7. The largest absolute Gasteiger partial charge is 0.491 e. The van der Waals surface area contributed by atoms with E-state index in [4.69, 9.17) is 33.7 Å². The fourth-order valence-corrected chi connectivity index (χ4v) is 2.53. The molecule has 0 aliphatic heterocycles. The second-order valence-corrected chi connectivity index (χ2v) is 5.76. The number of ether oxygens (including phenoxy) is 1. The lowest BCUT2D eigenvalue weighted by molar-refractivity contribution is 0.322. The van der Waals surface area contributed by atoms with Gasteiger partial charge in [-0.3, -0.25) is 0 Å². The quantitative estimate of drug-likeness (QED) is 0.523. The molecule has 7 heteroatoms. The summed E-state index contributed by atoms with van der Waals surface area (Å²) in [5.41, 5.74) is 7.10. The highest BCUT2D eigenvalue weighted by molar-refractivity contribution is 9.10. The Hall–Kier alpha value is -1.17. The number of rotatable bonds is 4. The van der Waals surface area contributed by atoms with E-state index in [-0.39, 0.29) is 11.4 Å². The number of halogens is 4. The Morgan fingerprint density at radius 3 is 2.62 bits per heavy atom. The predicted molar refractivity (Wildman–Crippen MR) is 89.4 cm³/mol. The minimum absolute atomic E-state index is 0.119. The lowest BCUT2D eigenvalue weighted by atomic mass is 10.2. The van der Waals surface area contributed by atoms with Crippen LogP contribution >= 0.6 is 39.1 Å². The highest BCUT2D eigenvalue weighted by Gasteiger charge is 2.13. The van der Waals surface area contributed by atoms with E-state index < -0.39 is 5.82 Å². The molecule has 2 aromatic carbocycles. The van der Waals surface area contributed by atoms with Crippen LogP contribution in [0.3, 0.4) is 0 Å². The molecule has 0 heterocycles. The van der Waals surface area contributed by atoms with Crippen molar-refractivity contribution in [2.75, 3.05) is 17.7 Å². The highest BCUT2D eigenvalue weighted by Crippen LogP contribution is 2.39. The first-order chi connectivity index (χ1) is 9.93. The second-order valence-electron chi connectivity index (χ2n) is 4.15. The van der Waals surface area contributed by atoms with Crippen molar-refractivity contribution in [3.05, 3.63) is 44.6 Å². The van der Waals surface area contributed by atoms with E-state index in [2.05, 4.69) is 21.2 Å². The fourth-order valence-electron chi connectivity index (χ4n) is 1.71. The molecule has 0 fully saturated rings. The average Bonchev–Trinajstić information content (AvgIpc) is 2.44. The number of anilines is 3. The number of hydrogen-bond acceptors (Lipinski definition) is 3. The molecule has 3 N–H and O–H groups in total. The first-order valence-corrected chi connectivity index (χ1v) is 7.61. The zero-order valence-electron chi connectivity index (χ0n) is 11.0. The van der Waals surface area contributed by atoms with Crippen molar-refractivity contribution in [3.8, 4) is 5.75 Å². The van der Waals surface area contributed by atoms with E-state index in [0.717, 1.165) is 0 Å². The van der Waals surface area contributed by atoms with Crippen LogP contribution in [-0.2, 0) is 0 Å².